The lowest BCUT2D eigenvalue weighted by Gasteiger charge is -2.26. The molecule has 1 saturated heterocycles. The third-order valence-electron chi connectivity index (χ3n) is 5.79. The van der Waals surface area contributed by atoms with Crippen molar-refractivity contribution in [3.05, 3.63) is 41.5 Å². The zero-order chi connectivity index (χ0) is 22.5. The van der Waals surface area contributed by atoms with Crippen LogP contribution >= 0.6 is 0 Å². The van der Waals surface area contributed by atoms with E-state index in [4.69, 9.17) is 28.4 Å². The van der Waals surface area contributed by atoms with E-state index in [-0.39, 0.29) is 25.0 Å². The van der Waals surface area contributed by atoms with Gasteiger partial charge in [0.05, 0.1) is 54.4 Å². The van der Waals surface area contributed by atoms with E-state index in [1.54, 1.807) is 58.8 Å². The highest BCUT2D eigenvalue weighted by molar-refractivity contribution is 5.54. The highest BCUT2D eigenvalue weighted by Gasteiger charge is 2.42. The summed E-state index contributed by atoms with van der Waals surface area (Å²) in [6.07, 6.45) is -1.30. The lowest BCUT2D eigenvalue weighted by molar-refractivity contribution is 0.0632. The summed E-state index contributed by atoms with van der Waals surface area (Å²) >= 11 is 0. The summed E-state index contributed by atoms with van der Waals surface area (Å²) in [6, 6.07) is 8.88. The summed E-state index contributed by atoms with van der Waals surface area (Å²) < 4.78 is 32.9. The van der Waals surface area contributed by atoms with Gasteiger partial charge < -0.3 is 38.6 Å². The van der Waals surface area contributed by atoms with Crippen LogP contribution in [0, 0.1) is 11.8 Å². The second kappa shape index (κ2) is 10.1. The average Bonchev–Trinajstić information content (AvgIpc) is 3.26. The Morgan fingerprint density at radius 3 is 2.00 bits per heavy atom. The summed E-state index contributed by atoms with van der Waals surface area (Å²) in [5.41, 5.74) is 1.44. The van der Waals surface area contributed by atoms with Gasteiger partial charge >= 0.3 is 0 Å². The molecule has 8 nitrogen and oxygen atoms in total. The van der Waals surface area contributed by atoms with Gasteiger partial charge in [0.1, 0.15) is 0 Å². The van der Waals surface area contributed by atoms with Gasteiger partial charge in [-0.2, -0.15) is 0 Å². The van der Waals surface area contributed by atoms with Crippen molar-refractivity contribution < 1.29 is 38.6 Å². The minimum Gasteiger partial charge on any atom is -0.493 e. The number of aliphatic hydroxyl groups excluding tert-OH is 2. The Kier molecular flexibility index (Phi) is 7.48. The van der Waals surface area contributed by atoms with Gasteiger partial charge in [0, 0.05) is 18.4 Å². The molecule has 1 heterocycles. The third-order valence-corrected chi connectivity index (χ3v) is 5.79. The van der Waals surface area contributed by atoms with Gasteiger partial charge in [0.25, 0.3) is 0 Å². The second-order valence-electron chi connectivity index (χ2n) is 7.28. The monoisotopic (exact) mass is 434 g/mol. The fraction of sp³-hybridized carbons (Fsp3) is 0.478. The van der Waals surface area contributed by atoms with Crippen molar-refractivity contribution in [1.29, 1.82) is 0 Å². The molecule has 0 amide bonds. The van der Waals surface area contributed by atoms with Crippen molar-refractivity contribution in [2.24, 2.45) is 11.8 Å². The predicted molar refractivity (Wildman–Crippen MR) is 113 cm³/mol. The summed E-state index contributed by atoms with van der Waals surface area (Å²) in [6.45, 7) is 0.123. The minimum atomic E-state index is -0.857. The zero-order valence-corrected chi connectivity index (χ0v) is 18.5. The number of hydrogen-bond donors (Lipinski definition) is 2. The van der Waals surface area contributed by atoms with Crippen molar-refractivity contribution in [1.82, 2.24) is 0 Å². The van der Waals surface area contributed by atoms with E-state index in [9.17, 15) is 10.2 Å². The summed E-state index contributed by atoms with van der Waals surface area (Å²) in [5.74, 6) is 1.92. The van der Waals surface area contributed by atoms with Crippen LogP contribution in [0.3, 0.4) is 0 Å². The van der Waals surface area contributed by atoms with Crippen LogP contribution in [0.15, 0.2) is 30.3 Å². The molecule has 4 unspecified atom stereocenters. The number of methoxy groups -OCH3 is 5. The van der Waals surface area contributed by atoms with E-state index < -0.39 is 12.2 Å². The molecule has 1 aliphatic rings. The van der Waals surface area contributed by atoms with Crippen molar-refractivity contribution in [2.75, 3.05) is 48.8 Å². The van der Waals surface area contributed by atoms with Gasteiger partial charge in [0.2, 0.25) is 5.75 Å². The molecule has 2 aromatic rings. The number of rotatable bonds is 9. The minimum absolute atomic E-state index is 0.156. The molecular formula is C23H30O8. The third kappa shape index (κ3) is 4.37. The maximum Gasteiger partial charge on any atom is 0.203 e. The van der Waals surface area contributed by atoms with Gasteiger partial charge in [-0.15, -0.1) is 0 Å². The molecule has 1 aliphatic heterocycles. The quantitative estimate of drug-likeness (QED) is 0.622. The number of ether oxygens (including phenoxy) is 6. The molecule has 1 fully saturated rings. The Balaban J connectivity index is 1.91. The van der Waals surface area contributed by atoms with Gasteiger partial charge in [-0.25, -0.2) is 0 Å². The number of benzene rings is 2. The maximum absolute atomic E-state index is 11.1. The molecule has 31 heavy (non-hydrogen) atoms. The molecule has 0 aromatic heterocycles. The topological polar surface area (TPSA) is 95.8 Å². The fourth-order valence-corrected chi connectivity index (χ4v) is 4.14. The molecule has 0 bridgehead atoms. The van der Waals surface area contributed by atoms with E-state index >= 15 is 0 Å². The Morgan fingerprint density at radius 1 is 0.871 bits per heavy atom. The summed E-state index contributed by atoms with van der Waals surface area (Å²) in [5, 5.41) is 21.3. The first-order chi connectivity index (χ1) is 15.0. The molecule has 8 heteroatoms. The van der Waals surface area contributed by atoms with Crippen LogP contribution in [-0.4, -0.2) is 59.0 Å². The van der Waals surface area contributed by atoms with Crippen LogP contribution in [0.4, 0.5) is 0 Å². The Labute approximate surface area is 182 Å². The van der Waals surface area contributed by atoms with Gasteiger partial charge in [-0.05, 0) is 35.4 Å². The highest BCUT2D eigenvalue weighted by Crippen LogP contribution is 2.48. The molecule has 2 N–H and O–H groups in total. The highest BCUT2D eigenvalue weighted by atomic mass is 16.5. The molecule has 3 rings (SSSR count). The molecule has 0 spiro atoms. The standard InChI is InChI=1S/C23H30O8/c1-26-17-7-6-13(8-18(17)27-2)21(25)16-12-31-22(15(16)11-24)14-9-19(28-3)23(30-5)20(10-14)29-4/h6-10,15-16,21-22,24-25H,11-12H2,1-5H3. The predicted octanol–water partition coefficient (Wildman–Crippen LogP) is 2.76. The first-order valence-corrected chi connectivity index (χ1v) is 9.95. The fourth-order valence-electron chi connectivity index (χ4n) is 4.14. The second-order valence-corrected chi connectivity index (χ2v) is 7.28. The Bertz CT molecular complexity index is 859. The smallest absolute Gasteiger partial charge is 0.203 e. The van der Waals surface area contributed by atoms with Crippen LogP contribution in [0.1, 0.15) is 23.3 Å². The lowest BCUT2D eigenvalue weighted by atomic mass is 9.82. The zero-order valence-electron chi connectivity index (χ0n) is 18.5. The molecule has 0 aliphatic carbocycles. The molecule has 4 atom stereocenters. The van der Waals surface area contributed by atoms with Crippen LogP contribution in [0.5, 0.6) is 28.7 Å². The number of aliphatic hydroxyl groups is 2. The first kappa shape index (κ1) is 23.0. The van der Waals surface area contributed by atoms with E-state index in [0.29, 0.717) is 34.3 Å². The summed E-state index contributed by atoms with van der Waals surface area (Å²) in [4.78, 5) is 0. The normalized spacial score (nSPS) is 21.5. The van der Waals surface area contributed by atoms with Crippen LogP contribution in [0.25, 0.3) is 0 Å². The summed E-state index contributed by atoms with van der Waals surface area (Å²) in [7, 11) is 7.73. The molecule has 2 aromatic carbocycles. The van der Waals surface area contributed by atoms with Gasteiger partial charge in [-0.3, -0.25) is 0 Å². The average molecular weight is 434 g/mol. The molecule has 0 radical (unpaired) electrons. The number of hydrogen-bond acceptors (Lipinski definition) is 8. The molecular weight excluding hydrogens is 404 g/mol. The van der Waals surface area contributed by atoms with Gasteiger partial charge in [0.15, 0.2) is 23.0 Å². The van der Waals surface area contributed by atoms with Crippen molar-refractivity contribution in [3.8, 4) is 28.7 Å². The van der Waals surface area contributed by atoms with E-state index in [1.165, 1.54) is 7.11 Å². The Hall–Kier alpha value is -2.68. The van der Waals surface area contributed by atoms with Crippen molar-refractivity contribution in [2.45, 2.75) is 12.2 Å². The van der Waals surface area contributed by atoms with E-state index in [0.717, 1.165) is 5.56 Å². The largest absolute Gasteiger partial charge is 0.493 e. The first-order valence-electron chi connectivity index (χ1n) is 9.95. The van der Waals surface area contributed by atoms with Crippen LogP contribution in [0.2, 0.25) is 0 Å². The molecule has 0 saturated carbocycles. The maximum atomic E-state index is 11.1. The van der Waals surface area contributed by atoms with Crippen LogP contribution < -0.4 is 23.7 Å². The lowest BCUT2D eigenvalue weighted by Crippen LogP contribution is -2.25. The SMILES string of the molecule is COc1ccc(C(O)C2COC(c3cc(OC)c(OC)c(OC)c3)C2CO)cc1OC. The van der Waals surface area contributed by atoms with Gasteiger partial charge in [-0.1, -0.05) is 6.07 Å². The van der Waals surface area contributed by atoms with E-state index in [1.807, 2.05) is 0 Å². The van der Waals surface area contributed by atoms with Crippen molar-refractivity contribution >= 4 is 0 Å². The van der Waals surface area contributed by atoms with E-state index in [2.05, 4.69) is 0 Å². The molecule has 170 valence electrons. The van der Waals surface area contributed by atoms with Crippen molar-refractivity contribution in [3.63, 3.8) is 0 Å². The van der Waals surface area contributed by atoms with Crippen LogP contribution in [-0.2, 0) is 4.74 Å². The Morgan fingerprint density at radius 2 is 1.48 bits per heavy atom.